The minimum atomic E-state index is -0.232. The van der Waals surface area contributed by atoms with Gasteiger partial charge in [0.1, 0.15) is 5.54 Å². The van der Waals surface area contributed by atoms with E-state index in [1.54, 1.807) is 11.3 Å². The van der Waals surface area contributed by atoms with Crippen LogP contribution in [0.4, 0.5) is 0 Å². The van der Waals surface area contributed by atoms with Gasteiger partial charge >= 0.3 is 0 Å². The Morgan fingerprint density at radius 3 is 2.79 bits per heavy atom. The number of nitrogens with zero attached hydrogens (tertiary/aromatic N) is 3. The third kappa shape index (κ3) is 2.19. The second-order valence-electron chi connectivity index (χ2n) is 5.74. The van der Waals surface area contributed by atoms with E-state index in [0.29, 0.717) is 5.91 Å². The van der Waals surface area contributed by atoms with Crippen molar-refractivity contribution in [2.45, 2.75) is 44.7 Å². The molecular weight excluding hydrogens is 258 g/mol. The monoisotopic (exact) mass is 279 g/mol. The smallest absolute Gasteiger partial charge is 0.242 e. The van der Waals surface area contributed by atoms with Gasteiger partial charge in [-0.2, -0.15) is 0 Å². The number of hydrogen-bond donors (Lipinski definition) is 0. The first-order valence-electron chi connectivity index (χ1n) is 7.03. The summed E-state index contributed by atoms with van der Waals surface area (Å²) in [6.45, 7) is 4.79. The number of rotatable bonds is 2. The van der Waals surface area contributed by atoms with Crippen molar-refractivity contribution in [3.8, 4) is 0 Å². The van der Waals surface area contributed by atoms with Gasteiger partial charge in [-0.15, -0.1) is 11.3 Å². The molecule has 1 aromatic heterocycles. The number of carbonyl (C=O) groups is 1. The van der Waals surface area contributed by atoms with E-state index < -0.39 is 0 Å². The van der Waals surface area contributed by atoms with Crippen LogP contribution in [0.5, 0.6) is 0 Å². The summed E-state index contributed by atoms with van der Waals surface area (Å²) in [6, 6.07) is 0. The maximum atomic E-state index is 12.6. The van der Waals surface area contributed by atoms with Crippen LogP contribution in [0, 0.1) is 6.92 Å². The maximum Gasteiger partial charge on any atom is 0.242 e. The number of likely N-dealkylation sites (tertiary alicyclic amines) is 2. The Hall–Kier alpha value is -0.940. The van der Waals surface area contributed by atoms with Crippen LogP contribution < -0.4 is 0 Å². The molecule has 0 N–H and O–H groups in total. The van der Waals surface area contributed by atoms with Crippen molar-refractivity contribution in [2.24, 2.45) is 0 Å². The van der Waals surface area contributed by atoms with Crippen LogP contribution in [-0.2, 0) is 11.3 Å². The number of thiazole rings is 1. The predicted molar refractivity (Wildman–Crippen MR) is 76.1 cm³/mol. The summed E-state index contributed by atoms with van der Waals surface area (Å²) in [4.78, 5) is 21.5. The van der Waals surface area contributed by atoms with Crippen molar-refractivity contribution in [3.05, 3.63) is 16.1 Å². The van der Waals surface area contributed by atoms with Crippen LogP contribution in [0.1, 0.15) is 36.4 Å². The summed E-state index contributed by atoms with van der Waals surface area (Å²) in [6.07, 6.45) is 4.27. The zero-order valence-corrected chi connectivity index (χ0v) is 12.5. The Morgan fingerprint density at radius 1 is 1.37 bits per heavy atom. The quantitative estimate of drug-likeness (QED) is 0.831. The topological polar surface area (TPSA) is 36.4 Å². The lowest BCUT2D eigenvalue weighted by molar-refractivity contribution is -0.146. The summed E-state index contributed by atoms with van der Waals surface area (Å²) < 4.78 is 0. The second-order valence-corrected chi connectivity index (χ2v) is 6.81. The molecule has 3 heterocycles. The van der Waals surface area contributed by atoms with E-state index in [4.69, 9.17) is 0 Å². The van der Waals surface area contributed by atoms with Crippen LogP contribution in [0.15, 0.2) is 5.38 Å². The molecule has 2 fully saturated rings. The fraction of sp³-hybridized carbons (Fsp3) is 0.714. The molecule has 1 unspecified atom stereocenters. The molecule has 3 rings (SSSR count). The van der Waals surface area contributed by atoms with Crippen LogP contribution in [-0.4, -0.2) is 46.4 Å². The zero-order chi connectivity index (χ0) is 13.5. The predicted octanol–water partition coefficient (Wildman–Crippen LogP) is 2.04. The average molecular weight is 279 g/mol. The van der Waals surface area contributed by atoms with Crippen LogP contribution in [0.2, 0.25) is 0 Å². The molecule has 0 saturated carbocycles. The lowest BCUT2D eigenvalue weighted by Crippen LogP contribution is -2.58. The van der Waals surface area contributed by atoms with Crippen molar-refractivity contribution < 1.29 is 4.79 Å². The first-order valence-corrected chi connectivity index (χ1v) is 7.91. The number of aryl methyl sites for hydroxylation is 1. The molecule has 1 aromatic rings. The number of aromatic nitrogens is 1. The number of hydrogen-bond acceptors (Lipinski definition) is 4. The summed E-state index contributed by atoms with van der Waals surface area (Å²) in [5, 5.41) is 3.23. The Morgan fingerprint density at radius 2 is 2.11 bits per heavy atom. The summed E-state index contributed by atoms with van der Waals surface area (Å²) in [5.41, 5.74) is 0.884. The molecule has 2 saturated heterocycles. The fourth-order valence-electron chi connectivity index (χ4n) is 3.54. The molecule has 2 aliphatic heterocycles. The molecule has 1 amide bonds. The number of piperidine rings is 1. The lowest BCUT2D eigenvalue weighted by atomic mass is 9.85. The molecule has 1 spiro atoms. The normalized spacial score (nSPS) is 28.5. The van der Waals surface area contributed by atoms with Gasteiger partial charge in [0.15, 0.2) is 0 Å². The lowest BCUT2D eigenvalue weighted by Gasteiger charge is -2.43. The van der Waals surface area contributed by atoms with E-state index in [1.807, 2.05) is 18.9 Å². The van der Waals surface area contributed by atoms with E-state index in [0.717, 1.165) is 56.0 Å². The molecule has 0 bridgehead atoms. The Labute approximate surface area is 118 Å². The maximum absolute atomic E-state index is 12.6. The third-order valence-electron chi connectivity index (χ3n) is 4.47. The molecule has 4 nitrogen and oxygen atoms in total. The van der Waals surface area contributed by atoms with Crippen molar-refractivity contribution in [1.82, 2.24) is 14.8 Å². The molecule has 0 radical (unpaired) electrons. The largest absolute Gasteiger partial charge is 0.344 e. The Bertz CT molecular complexity index is 487. The molecule has 1 atom stereocenters. The minimum absolute atomic E-state index is 0.232. The van der Waals surface area contributed by atoms with E-state index in [9.17, 15) is 4.79 Å². The molecule has 5 heteroatoms. The third-order valence-corrected chi connectivity index (χ3v) is 5.29. The van der Waals surface area contributed by atoms with Gasteiger partial charge in [-0.3, -0.25) is 9.69 Å². The second kappa shape index (κ2) is 4.87. The summed E-state index contributed by atoms with van der Waals surface area (Å²) in [7, 11) is 1.94. The van der Waals surface area contributed by atoms with Crippen molar-refractivity contribution in [1.29, 1.82) is 0 Å². The van der Waals surface area contributed by atoms with Gasteiger partial charge in [-0.25, -0.2) is 4.98 Å². The average Bonchev–Trinajstić information content (AvgIpc) is 2.95. The van der Waals surface area contributed by atoms with Gasteiger partial charge in [0.2, 0.25) is 5.91 Å². The molecule has 0 aromatic carbocycles. The number of carbonyl (C=O) groups excluding carboxylic acids is 1. The van der Waals surface area contributed by atoms with Gasteiger partial charge in [0.25, 0.3) is 0 Å². The SMILES string of the molecule is Cc1nc(CN2CCCC23CCCN(C)C3=O)cs1. The first kappa shape index (κ1) is 13.1. The minimum Gasteiger partial charge on any atom is -0.344 e. The summed E-state index contributed by atoms with van der Waals surface area (Å²) >= 11 is 1.69. The molecular formula is C14H21N3OS. The highest BCUT2D eigenvalue weighted by molar-refractivity contribution is 7.09. The van der Waals surface area contributed by atoms with Gasteiger partial charge < -0.3 is 4.90 Å². The van der Waals surface area contributed by atoms with Crippen molar-refractivity contribution in [3.63, 3.8) is 0 Å². The van der Waals surface area contributed by atoms with Gasteiger partial charge in [-0.05, 0) is 39.2 Å². The van der Waals surface area contributed by atoms with Crippen LogP contribution >= 0.6 is 11.3 Å². The molecule has 2 aliphatic rings. The van der Waals surface area contributed by atoms with E-state index in [2.05, 4.69) is 15.3 Å². The van der Waals surface area contributed by atoms with Crippen LogP contribution in [0.3, 0.4) is 0 Å². The highest BCUT2D eigenvalue weighted by atomic mass is 32.1. The van der Waals surface area contributed by atoms with E-state index in [1.165, 1.54) is 0 Å². The molecule has 104 valence electrons. The highest BCUT2D eigenvalue weighted by Gasteiger charge is 2.49. The van der Waals surface area contributed by atoms with Crippen molar-refractivity contribution >= 4 is 17.2 Å². The van der Waals surface area contributed by atoms with E-state index in [-0.39, 0.29) is 5.54 Å². The number of amides is 1. The van der Waals surface area contributed by atoms with Gasteiger partial charge in [-0.1, -0.05) is 0 Å². The van der Waals surface area contributed by atoms with Gasteiger partial charge in [0, 0.05) is 25.5 Å². The Kier molecular flexibility index (Phi) is 3.35. The fourth-order valence-corrected chi connectivity index (χ4v) is 4.14. The zero-order valence-electron chi connectivity index (χ0n) is 11.7. The van der Waals surface area contributed by atoms with Crippen molar-refractivity contribution in [2.75, 3.05) is 20.1 Å². The molecule has 19 heavy (non-hydrogen) atoms. The Balaban J connectivity index is 1.82. The van der Waals surface area contributed by atoms with Crippen LogP contribution in [0.25, 0.3) is 0 Å². The molecule has 0 aliphatic carbocycles. The number of likely N-dealkylation sites (N-methyl/N-ethyl adjacent to an activating group) is 1. The van der Waals surface area contributed by atoms with Gasteiger partial charge in [0.05, 0.1) is 10.7 Å². The van der Waals surface area contributed by atoms with E-state index >= 15 is 0 Å². The summed E-state index contributed by atoms with van der Waals surface area (Å²) in [5.74, 6) is 0.322. The highest BCUT2D eigenvalue weighted by Crippen LogP contribution is 2.38. The standard InChI is InChI=1S/C14H21N3OS/c1-11-15-12(10-19-11)9-17-8-4-6-14(17)5-3-7-16(2)13(14)18/h10H,3-9H2,1-2H3. The first-order chi connectivity index (χ1) is 9.12.